The minimum absolute atomic E-state index is 0.00504. The van der Waals surface area contributed by atoms with Gasteiger partial charge in [-0.3, -0.25) is 9.59 Å². The predicted octanol–water partition coefficient (Wildman–Crippen LogP) is 7.32. The standard InChI is InChI=1S/C40H49NO8/c1-5-46-37(42)15-14-35(39(44)47-6-2)41-38(43)30-12-10-29(11-13-30)32-9-7-8-31-19-36(49-24-48-25(3)45-4)34(20-33(31)32)40-21-26-16-27(22-40)18-28(17-26)23-40/h7-13,19-20,25-28,35H,5-6,14-18,21-24H2,1-4H3,(H,41,43)/t25?,26?,27?,28?,35-,40?/m1/s1. The van der Waals surface area contributed by atoms with E-state index in [2.05, 4.69) is 29.6 Å². The van der Waals surface area contributed by atoms with Gasteiger partial charge in [-0.25, -0.2) is 4.79 Å². The number of methoxy groups -OCH3 is 1. The number of carbonyl (C=O) groups excluding carboxylic acids is 3. The minimum atomic E-state index is -0.961. The monoisotopic (exact) mass is 671 g/mol. The van der Waals surface area contributed by atoms with E-state index in [0.717, 1.165) is 45.4 Å². The molecule has 4 bridgehead atoms. The van der Waals surface area contributed by atoms with Gasteiger partial charge in [0, 0.05) is 24.7 Å². The second kappa shape index (κ2) is 15.3. The Morgan fingerprint density at radius 3 is 2.20 bits per heavy atom. The summed E-state index contributed by atoms with van der Waals surface area (Å²) in [5, 5.41) is 4.97. The van der Waals surface area contributed by atoms with Crippen molar-refractivity contribution >= 4 is 28.6 Å². The first-order chi connectivity index (χ1) is 23.7. The van der Waals surface area contributed by atoms with Gasteiger partial charge in [0.25, 0.3) is 5.91 Å². The molecular formula is C40H49NO8. The maximum Gasteiger partial charge on any atom is 0.328 e. The highest BCUT2D eigenvalue weighted by atomic mass is 16.7. The normalized spacial score (nSPS) is 23.6. The van der Waals surface area contributed by atoms with E-state index >= 15 is 0 Å². The lowest BCUT2D eigenvalue weighted by Gasteiger charge is -2.57. The molecule has 3 aromatic rings. The van der Waals surface area contributed by atoms with E-state index in [1.54, 1.807) is 33.1 Å². The topological polar surface area (TPSA) is 109 Å². The van der Waals surface area contributed by atoms with Crippen molar-refractivity contribution in [2.24, 2.45) is 17.8 Å². The summed E-state index contributed by atoms with van der Waals surface area (Å²) in [6, 6.07) is 17.3. The van der Waals surface area contributed by atoms with Crippen molar-refractivity contribution in [2.45, 2.75) is 89.9 Å². The van der Waals surface area contributed by atoms with Crippen LogP contribution in [0.1, 0.15) is 88.1 Å². The van der Waals surface area contributed by atoms with Crippen LogP contribution >= 0.6 is 0 Å². The predicted molar refractivity (Wildman–Crippen MR) is 186 cm³/mol. The molecule has 4 fully saturated rings. The maximum absolute atomic E-state index is 13.3. The van der Waals surface area contributed by atoms with Gasteiger partial charge in [0.15, 0.2) is 13.1 Å². The first-order valence-corrected chi connectivity index (χ1v) is 17.8. The lowest BCUT2D eigenvalue weighted by atomic mass is 9.48. The summed E-state index contributed by atoms with van der Waals surface area (Å²) < 4.78 is 27.6. The summed E-state index contributed by atoms with van der Waals surface area (Å²) in [5.74, 6) is 1.81. The number of carbonyl (C=O) groups is 3. The molecule has 7 rings (SSSR count). The van der Waals surface area contributed by atoms with Gasteiger partial charge in [-0.2, -0.15) is 0 Å². The number of hydrogen-bond donors (Lipinski definition) is 1. The molecule has 0 radical (unpaired) electrons. The van der Waals surface area contributed by atoms with E-state index in [0.29, 0.717) is 5.56 Å². The summed E-state index contributed by atoms with van der Waals surface area (Å²) in [7, 11) is 1.62. The van der Waals surface area contributed by atoms with Crippen LogP contribution in [0, 0.1) is 17.8 Å². The number of nitrogens with one attached hydrogen (secondary N) is 1. The average molecular weight is 672 g/mol. The number of hydrogen-bond acceptors (Lipinski definition) is 8. The van der Waals surface area contributed by atoms with Crippen LogP contribution in [0.4, 0.5) is 0 Å². The molecular weight excluding hydrogens is 622 g/mol. The summed E-state index contributed by atoms with van der Waals surface area (Å²) in [5.41, 5.74) is 3.84. The molecule has 0 aliphatic heterocycles. The van der Waals surface area contributed by atoms with Crippen LogP contribution in [-0.4, -0.2) is 57.3 Å². The lowest BCUT2D eigenvalue weighted by Crippen LogP contribution is -2.48. The Kier molecular flexibility index (Phi) is 10.9. The second-order valence-electron chi connectivity index (χ2n) is 14.0. The molecule has 4 aliphatic carbocycles. The van der Waals surface area contributed by atoms with Crippen LogP contribution in [0.2, 0.25) is 0 Å². The Bertz CT molecular complexity index is 1610. The molecule has 0 saturated heterocycles. The zero-order chi connectivity index (χ0) is 34.5. The molecule has 9 heteroatoms. The van der Waals surface area contributed by atoms with Crippen molar-refractivity contribution < 1.29 is 38.1 Å². The third-order valence-corrected chi connectivity index (χ3v) is 10.7. The van der Waals surface area contributed by atoms with Gasteiger partial charge >= 0.3 is 11.9 Å². The van der Waals surface area contributed by atoms with E-state index < -0.39 is 23.9 Å². The van der Waals surface area contributed by atoms with Crippen LogP contribution in [0.3, 0.4) is 0 Å². The van der Waals surface area contributed by atoms with E-state index in [1.165, 1.54) is 44.1 Å². The fraction of sp³-hybridized carbons (Fsp3) is 0.525. The average Bonchev–Trinajstić information content (AvgIpc) is 3.09. The first kappa shape index (κ1) is 34.9. The maximum atomic E-state index is 13.3. The molecule has 0 spiro atoms. The smallest absolute Gasteiger partial charge is 0.328 e. The molecule has 4 saturated carbocycles. The molecule has 0 heterocycles. The zero-order valence-electron chi connectivity index (χ0n) is 29.1. The van der Waals surface area contributed by atoms with Crippen molar-refractivity contribution in [3.63, 3.8) is 0 Å². The quantitative estimate of drug-likeness (QED) is 0.132. The summed E-state index contributed by atoms with van der Waals surface area (Å²) in [4.78, 5) is 37.8. The summed E-state index contributed by atoms with van der Waals surface area (Å²) in [6.45, 7) is 5.81. The van der Waals surface area contributed by atoms with Crippen molar-refractivity contribution in [3.05, 3.63) is 65.7 Å². The van der Waals surface area contributed by atoms with Crippen LogP contribution in [0.25, 0.3) is 21.9 Å². The Balaban J connectivity index is 1.28. The number of benzene rings is 3. The molecule has 9 nitrogen and oxygen atoms in total. The molecule has 2 atom stereocenters. The van der Waals surface area contributed by atoms with E-state index in [4.69, 9.17) is 23.7 Å². The Hall–Kier alpha value is -3.95. The third kappa shape index (κ3) is 7.78. The van der Waals surface area contributed by atoms with Crippen LogP contribution in [-0.2, 0) is 34.0 Å². The van der Waals surface area contributed by atoms with Gasteiger partial charge < -0.3 is 29.0 Å². The lowest BCUT2D eigenvalue weighted by molar-refractivity contribution is -0.150. The number of amides is 1. The van der Waals surface area contributed by atoms with E-state index in [-0.39, 0.29) is 44.6 Å². The highest BCUT2D eigenvalue weighted by Gasteiger charge is 2.52. The SMILES string of the molecule is CCOC(=O)CC[C@@H](NC(=O)c1ccc(-c2cccc3cc(OCOC(C)OC)c(C45CC6CC(CC(C6)C4)C5)cc23)cc1)C(=O)OCC. The molecule has 4 aliphatic rings. The number of esters is 2. The largest absolute Gasteiger partial charge is 0.467 e. The van der Waals surface area contributed by atoms with Crippen LogP contribution < -0.4 is 10.1 Å². The molecule has 1 N–H and O–H groups in total. The van der Waals surface area contributed by atoms with Crippen molar-refractivity contribution in [1.82, 2.24) is 5.32 Å². The fourth-order valence-electron chi connectivity index (χ4n) is 8.82. The van der Waals surface area contributed by atoms with Crippen LogP contribution in [0.5, 0.6) is 5.75 Å². The molecule has 1 unspecified atom stereocenters. The van der Waals surface area contributed by atoms with Crippen LogP contribution in [0.15, 0.2) is 54.6 Å². The molecule has 1 amide bonds. The Morgan fingerprint density at radius 2 is 1.57 bits per heavy atom. The van der Waals surface area contributed by atoms with Gasteiger partial charge in [0.05, 0.1) is 13.2 Å². The van der Waals surface area contributed by atoms with Gasteiger partial charge in [0.1, 0.15) is 11.8 Å². The Morgan fingerprint density at radius 1 is 0.898 bits per heavy atom. The van der Waals surface area contributed by atoms with Crippen molar-refractivity contribution in [1.29, 1.82) is 0 Å². The molecule has 262 valence electrons. The van der Waals surface area contributed by atoms with Gasteiger partial charge in [-0.1, -0.05) is 30.3 Å². The first-order valence-electron chi connectivity index (χ1n) is 17.8. The molecule has 0 aromatic heterocycles. The highest BCUT2D eigenvalue weighted by molar-refractivity contribution is 6.00. The zero-order valence-corrected chi connectivity index (χ0v) is 29.1. The fourth-order valence-corrected chi connectivity index (χ4v) is 8.82. The Labute approximate surface area is 289 Å². The van der Waals surface area contributed by atoms with E-state index in [9.17, 15) is 14.4 Å². The number of rotatable bonds is 15. The van der Waals surface area contributed by atoms with Crippen molar-refractivity contribution in [2.75, 3.05) is 27.1 Å². The minimum Gasteiger partial charge on any atom is -0.467 e. The van der Waals surface area contributed by atoms with Gasteiger partial charge in [0.2, 0.25) is 0 Å². The summed E-state index contributed by atoms with van der Waals surface area (Å²) >= 11 is 0. The van der Waals surface area contributed by atoms with Gasteiger partial charge in [-0.05, 0) is 135 Å². The summed E-state index contributed by atoms with van der Waals surface area (Å²) in [6.07, 6.45) is 7.40. The molecule has 49 heavy (non-hydrogen) atoms. The second-order valence-corrected chi connectivity index (χ2v) is 14.0. The van der Waals surface area contributed by atoms with E-state index in [1.807, 2.05) is 25.1 Å². The number of ether oxygens (including phenoxy) is 5. The van der Waals surface area contributed by atoms with Gasteiger partial charge in [-0.15, -0.1) is 0 Å². The number of fused-ring (bicyclic) bond motifs is 1. The highest BCUT2D eigenvalue weighted by Crippen LogP contribution is 2.62. The third-order valence-electron chi connectivity index (χ3n) is 10.7. The van der Waals surface area contributed by atoms with Crippen molar-refractivity contribution in [3.8, 4) is 16.9 Å². The molecule has 3 aromatic carbocycles.